The van der Waals surface area contributed by atoms with E-state index in [0.717, 1.165) is 85.5 Å². The van der Waals surface area contributed by atoms with E-state index >= 15 is 0 Å². The second-order valence-electron chi connectivity index (χ2n) is 9.56. The largest absolute Gasteiger partial charge is 0.497 e. The molecule has 1 saturated heterocycles. The standard InChI is InChI=1S/C28H36N4O3S/c1-35-24-7-8-27-26(16-24)22(10-12-31-27)5-2-4-21-11-14-32(19-23(21)6-9-28(33)34)13-3-15-36-25-17-29-20-30-18-25/h7-8,10,12,16-18,20-21,23H,2-6,9,11,13-15,19H2,1H3,(H,33,34)/t21-,23+/m1/s1. The Morgan fingerprint density at radius 1 is 1.17 bits per heavy atom. The number of benzene rings is 1. The molecule has 0 radical (unpaired) electrons. The highest BCUT2D eigenvalue weighted by molar-refractivity contribution is 7.99. The van der Waals surface area contributed by atoms with Crippen LogP contribution >= 0.6 is 11.8 Å². The van der Waals surface area contributed by atoms with Crippen LogP contribution in [0.1, 0.15) is 44.1 Å². The molecule has 192 valence electrons. The van der Waals surface area contributed by atoms with Gasteiger partial charge in [0.1, 0.15) is 12.1 Å². The number of rotatable bonds is 13. The van der Waals surface area contributed by atoms with Crippen molar-refractivity contribution in [3.63, 3.8) is 0 Å². The minimum atomic E-state index is -0.690. The molecule has 3 heterocycles. The SMILES string of the molecule is COc1ccc2nccc(CCC[C@@H]3CCN(CCCSc4cncnc4)C[C@@H]3CCC(=O)O)c2c1. The summed E-state index contributed by atoms with van der Waals surface area (Å²) in [5.41, 5.74) is 2.30. The lowest BCUT2D eigenvalue weighted by molar-refractivity contribution is -0.137. The van der Waals surface area contributed by atoms with Crippen molar-refractivity contribution in [2.24, 2.45) is 11.8 Å². The lowest BCUT2D eigenvalue weighted by Crippen LogP contribution is -2.41. The van der Waals surface area contributed by atoms with E-state index in [9.17, 15) is 9.90 Å². The maximum Gasteiger partial charge on any atom is 0.303 e. The number of ether oxygens (including phenoxy) is 1. The van der Waals surface area contributed by atoms with Crippen LogP contribution in [-0.2, 0) is 11.2 Å². The van der Waals surface area contributed by atoms with Gasteiger partial charge in [-0.3, -0.25) is 9.78 Å². The fourth-order valence-corrected chi connectivity index (χ4v) is 6.08. The zero-order valence-electron chi connectivity index (χ0n) is 21.0. The van der Waals surface area contributed by atoms with E-state index in [2.05, 4.69) is 32.0 Å². The quantitative estimate of drug-likeness (QED) is 0.244. The van der Waals surface area contributed by atoms with E-state index in [-0.39, 0.29) is 6.42 Å². The van der Waals surface area contributed by atoms with E-state index < -0.39 is 5.97 Å². The molecule has 1 aliphatic rings. The molecule has 1 aromatic carbocycles. The predicted molar refractivity (Wildman–Crippen MR) is 144 cm³/mol. The Labute approximate surface area is 217 Å². The number of thioether (sulfide) groups is 1. The van der Waals surface area contributed by atoms with Gasteiger partial charge < -0.3 is 14.7 Å². The molecule has 1 N–H and O–H groups in total. The highest BCUT2D eigenvalue weighted by Gasteiger charge is 2.29. The van der Waals surface area contributed by atoms with Crippen LogP contribution in [0.4, 0.5) is 0 Å². The Morgan fingerprint density at radius 3 is 2.83 bits per heavy atom. The van der Waals surface area contributed by atoms with Gasteiger partial charge in [0, 0.05) is 41.8 Å². The third kappa shape index (κ3) is 7.64. The van der Waals surface area contributed by atoms with Crippen LogP contribution in [0.5, 0.6) is 5.75 Å². The van der Waals surface area contributed by atoms with Crippen molar-refractivity contribution < 1.29 is 14.6 Å². The third-order valence-corrected chi connectivity index (χ3v) is 8.23. The van der Waals surface area contributed by atoms with Gasteiger partial charge in [-0.05, 0) is 99.0 Å². The lowest BCUT2D eigenvalue weighted by Gasteiger charge is -2.39. The van der Waals surface area contributed by atoms with Crippen LogP contribution in [0, 0.1) is 11.8 Å². The molecule has 8 heteroatoms. The number of nitrogens with zero attached hydrogens (tertiary/aromatic N) is 4. The summed E-state index contributed by atoms with van der Waals surface area (Å²) in [5.74, 6) is 2.23. The van der Waals surface area contributed by atoms with Crippen LogP contribution in [-0.4, -0.2) is 63.4 Å². The summed E-state index contributed by atoms with van der Waals surface area (Å²) in [4.78, 5) is 27.6. The number of carboxylic acids is 1. The van der Waals surface area contributed by atoms with Gasteiger partial charge in [0.2, 0.25) is 0 Å². The molecule has 2 atom stereocenters. The first kappa shape index (κ1) is 26.4. The van der Waals surface area contributed by atoms with Crippen LogP contribution < -0.4 is 4.74 Å². The molecule has 0 spiro atoms. The monoisotopic (exact) mass is 508 g/mol. The maximum atomic E-state index is 11.3. The second kappa shape index (κ2) is 13.6. The van der Waals surface area contributed by atoms with Gasteiger partial charge in [-0.25, -0.2) is 9.97 Å². The van der Waals surface area contributed by atoms with Gasteiger partial charge >= 0.3 is 5.97 Å². The number of piperidine rings is 1. The molecule has 0 aliphatic carbocycles. The first-order chi connectivity index (χ1) is 17.6. The van der Waals surface area contributed by atoms with Gasteiger partial charge in [-0.2, -0.15) is 0 Å². The third-order valence-electron chi connectivity index (χ3n) is 7.19. The minimum absolute atomic E-state index is 0.258. The van der Waals surface area contributed by atoms with Gasteiger partial charge in [0.05, 0.1) is 12.6 Å². The highest BCUT2D eigenvalue weighted by atomic mass is 32.2. The molecule has 4 rings (SSSR count). The molecular weight excluding hydrogens is 472 g/mol. The minimum Gasteiger partial charge on any atom is -0.497 e. The molecule has 0 bridgehead atoms. The van der Waals surface area contributed by atoms with Crippen molar-refractivity contribution in [2.75, 3.05) is 32.5 Å². The number of carboxylic acid groups (broad SMARTS) is 1. The van der Waals surface area contributed by atoms with Crippen molar-refractivity contribution in [1.82, 2.24) is 19.9 Å². The topological polar surface area (TPSA) is 88.4 Å². The normalized spacial score (nSPS) is 18.4. The Balaban J connectivity index is 1.28. The van der Waals surface area contributed by atoms with E-state index in [1.807, 2.05) is 30.7 Å². The van der Waals surface area contributed by atoms with Gasteiger partial charge in [-0.1, -0.05) is 0 Å². The number of aromatic nitrogens is 3. The Morgan fingerprint density at radius 2 is 2.03 bits per heavy atom. The zero-order chi connectivity index (χ0) is 25.2. The van der Waals surface area contributed by atoms with E-state index in [4.69, 9.17) is 4.74 Å². The first-order valence-corrected chi connectivity index (χ1v) is 13.8. The van der Waals surface area contributed by atoms with Crippen LogP contribution in [0.25, 0.3) is 10.9 Å². The number of aliphatic carboxylic acids is 1. The number of likely N-dealkylation sites (tertiary alicyclic amines) is 1. The Hall–Kier alpha value is -2.71. The summed E-state index contributed by atoms with van der Waals surface area (Å²) in [6, 6.07) is 8.16. The molecule has 0 unspecified atom stereocenters. The average Bonchev–Trinajstić information content (AvgIpc) is 2.91. The number of methoxy groups -OCH3 is 1. The smallest absolute Gasteiger partial charge is 0.303 e. The first-order valence-electron chi connectivity index (χ1n) is 12.9. The maximum absolute atomic E-state index is 11.3. The Bertz CT molecular complexity index is 1110. The van der Waals surface area contributed by atoms with Gasteiger partial charge in [0.15, 0.2) is 0 Å². The molecule has 1 aliphatic heterocycles. The van der Waals surface area contributed by atoms with Crippen molar-refractivity contribution >= 4 is 28.6 Å². The fraction of sp³-hybridized carbons (Fsp3) is 0.500. The average molecular weight is 509 g/mol. The molecule has 0 amide bonds. The Kier molecular flexibility index (Phi) is 9.93. The molecule has 7 nitrogen and oxygen atoms in total. The molecule has 3 aromatic rings. The molecule has 0 saturated carbocycles. The second-order valence-corrected chi connectivity index (χ2v) is 10.7. The van der Waals surface area contributed by atoms with Crippen LogP contribution in [0.3, 0.4) is 0 Å². The number of fused-ring (bicyclic) bond motifs is 1. The van der Waals surface area contributed by atoms with Gasteiger partial charge in [0.25, 0.3) is 0 Å². The van der Waals surface area contributed by atoms with Crippen LogP contribution in [0.2, 0.25) is 0 Å². The number of aryl methyl sites for hydroxylation is 1. The lowest BCUT2D eigenvalue weighted by atomic mass is 9.79. The highest BCUT2D eigenvalue weighted by Crippen LogP contribution is 2.32. The number of hydrogen-bond donors (Lipinski definition) is 1. The van der Waals surface area contributed by atoms with Crippen molar-refractivity contribution in [3.05, 3.63) is 54.7 Å². The van der Waals surface area contributed by atoms with Crippen molar-refractivity contribution in [1.29, 1.82) is 0 Å². The van der Waals surface area contributed by atoms with Gasteiger partial charge in [-0.15, -0.1) is 11.8 Å². The molecular formula is C28H36N4O3S. The summed E-state index contributed by atoms with van der Waals surface area (Å²) >= 11 is 1.79. The summed E-state index contributed by atoms with van der Waals surface area (Å²) in [5, 5.41) is 10.5. The summed E-state index contributed by atoms with van der Waals surface area (Å²) in [7, 11) is 1.69. The van der Waals surface area contributed by atoms with E-state index in [0.29, 0.717) is 11.8 Å². The summed E-state index contributed by atoms with van der Waals surface area (Å²) in [6.07, 6.45) is 13.7. The predicted octanol–water partition coefficient (Wildman–Crippen LogP) is 5.34. The molecule has 36 heavy (non-hydrogen) atoms. The molecule has 1 fully saturated rings. The summed E-state index contributed by atoms with van der Waals surface area (Å²) in [6.45, 7) is 3.16. The van der Waals surface area contributed by atoms with Crippen molar-refractivity contribution in [2.45, 2.75) is 49.8 Å². The van der Waals surface area contributed by atoms with E-state index in [1.54, 1.807) is 25.2 Å². The van der Waals surface area contributed by atoms with E-state index in [1.165, 1.54) is 5.56 Å². The summed E-state index contributed by atoms with van der Waals surface area (Å²) < 4.78 is 5.42. The molecule has 2 aromatic heterocycles. The zero-order valence-corrected chi connectivity index (χ0v) is 21.8. The van der Waals surface area contributed by atoms with Crippen molar-refractivity contribution in [3.8, 4) is 5.75 Å². The number of hydrogen-bond acceptors (Lipinski definition) is 7. The van der Waals surface area contributed by atoms with Crippen LogP contribution in [0.15, 0.2) is 54.1 Å². The number of pyridine rings is 1. The fourth-order valence-electron chi connectivity index (χ4n) is 5.30. The number of carbonyl (C=O) groups is 1.